The van der Waals surface area contributed by atoms with Gasteiger partial charge < -0.3 is 4.52 Å². The van der Waals surface area contributed by atoms with E-state index in [9.17, 15) is 0 Å². The molecule has 0 saturated heterocycles. The summed E-state index contributed by atoms with van der Waals surface area (Å²) in [6, 6.07) is 12.9. The summed E-state index contributed by atoms with van der Waals surface area (Å²) in [4.78, 5) is 10.8. The molecule has 30 heavy (non-hydrogen) atoms. The molecule has 1 saturated carbocycles. The minimum absolute atomic E-state index is 0.414. The van der Waals surface area contributed by atoms with E-state index in [0.717, 1.165) is 42.3 Å². The molecule has 3 aromatic heterocycles. The number of rotatable bonds is 4. The molecule has 6 rings (SSSR count). The third-order valence-electron chi connectivity index (χ3n) is 6.03. The zero-order valence-corrected chi connectivity index (χ0v) is 18.2. The van der Waals surface area contributed by atoms with E-state index >= 15 is 0 Å². The van der Waals surface area contributed by atoms with Crippen LogP contribution in [-0.4, -0.2) is 19.7 Å². The van der Waals surface area contributed by atoms with Crippen molar-refractivity contribution in [1.82, 2.24) is 19.7 Å². The summed E-state index contributed by atoms with van der Waals surface area (Å²) in [5, 5.41) is 4.29. The molecule has 1 fully saturated rings. The Labute approximate surface area is 183 Å². The van der Waals surface area contributed by atoms with E-state index in [2.05, 4.69) is 51.1 Å². The second kappa shape index (κ2) is 7.71. The predicted molar refractivity (Wildman–Crippen MR) is 119 cm³/mol. The molecule has 7 heteroatoms. The molecule has 1 aromatic carbocycles. The lowest BCUT2D eigenvalue weighted by atomic mass is 9.89. The van der Waals surface area contributed by atoms with Gasteiger partial charge in [-0.05, 0) is 24.5 Å². The third-order valence-corrected chi connectivity index (χ3v) is 8.44. The standard InChI is InChI=1S/C23H22N4OS2/c1-3-7-15(8-4-1)11-17-12-18-23(30-17)29-13-19-20(24-14-27(18)19)21-25-22(28-26-21)16-9-5-2-6-10-16/h1,3-4,7-8,12,14,16H,2,5-6,9-11,13H2. The topological polar surface area (TPSA) is 56.7 Å². The van der Waals surface area contributed by atoms with E-state index in [0.29, 0.717) is 11.7 Å². The number of imidazole rings is 1. The monoisotopic (exact) mass is 434 g/mol. The van der Waals surface area contributed by atoms with E-state index < -0.39 is 0 Å². The lowest BCUT2D eigenvalue weighted by molar-refractivity contribution is 0.314. The number of fused-ring (bicyclic) bond motifs is 3. The largest absolute Gasteiger partial charge is 0.339 e. The van der Waals surface area contributed by atoms with Gasteiger partial charge in [0, 0.05) is 23.0 Å². The smallest absolute Gasteiger partial charge is 0.230 e. The van der Waals surface area contributed by atoms with Gasteiger partial charge in [0.1, 0.15) is 12.0 Å². The van der Waals surface area contributed by atoms with Gasteiger partial charge in [-0.3, -0.25) is 4.57 Å². The quantitative estimate of drug-likeness (QED) is 0.381. The minimum Gasteiger partial charge on any atom is -0.339 e. The van der Waals surface area contributed by atoms with Gasteiger partial charge >= 0.3 is 0 Å². The molecular formula is C23H22N4OS2. The minimum atomic E-state index is 0.414. The maximum Gasteiger partial charge on any atom is 0.230 e. The molecule has 0 radical (unpaired) electrons. The van der Waals surface area contributed by atoms with Crippen molar-refractivity contribution in [2.24, 2.45) is 0 Å². The average molecular weight is 435 g/mol. The Bertz CT molecular complexity index is 1170. The number of hydrogen-bond donors (Lipinski definition) is 0. The zero-order valence-electron chi connectivity index (χ0n) is 16.6. The highest BCUT2D eigenvalue weighted by atomic mass is 32.2. The van der Waals surface area contributed by atoms with Gasteiger partial charge in [0.25, 0.3) is 0 Å². The Balaban J connectivity index is 1.29. The van der Waals surface area contributed by atoms with Gasteiger partial charge in [-0.2, -0.15) is 4.98 Å². The molecule has 0 bridgehead atoms. The summed E-state index contributed by atoms with van der Waals surface area (Å²) in [5.74, 6) is 2.71. The Kier molecular flexibility index (Phi) is 4.72. The fourth-order valence-corrected chi connectivity index (χ4v) is 6.95. The van der Waals surface area contributed by atoms with Crippen LogP contribution >= 0.6 is 23.1 Å². The molecule has 1 aliphatic heterocycles. The van der Waals surface area contributed by atoms with E-state index in [4.69, 9.17) is 9.51 Å². The van der Waals surface area contributed by atoms with Crippen LogP contribution in [0.5, 0.6) is 0 Å². The number of thiophene rings is 1. The summed E-state index contributed by atoms with van der Waals surface area (Å²) in [5.41, 5.74) is 4.59. The molecule has 0 atom stereocenters. The van der Waals surface area contributed by atoms with Crippen LogP contribution in [-0.2, 0) is 12.2 Å². The first-order valence-electron chi connectivity index (χ1n) is 10.5. The van der Waals surface area contributed by atoms with Gasteiger partial charge in [-0.25, -0.2) is 4.98 Å². The second-order valence-corrected chi connectivity index (χ2v) is 10.4. The van der Waals surface area contributed by atoms with Crippen LogP contribution in [0.3, 0.4) is 0 Å². The van der Waals surface area contributed by atoms with Crippen molar-refractivity contribution in [2.75, 3.05) is 0 Å². The number of thioether (sulfide) groups is 1. The van der Waals surface area contributed by atoms with Crippen LogP contribution in [0.4, 0.5) is 0 Å². The van der Waals surface area contributed by atoms with Crippen molar-refractivity contribution in [1.29, 1.82) is 0 Å². The van der Waals surface area contributed by atoms with Gasteiger partial charge in [-0.1, -0.05) is 54.8 Å². The van der Waals surface area contributed by atoms with E-state index in [1.165, 1.54) is 39.6 Å². The Morgan fingerprint density at radius 2 is 1.97 bits per heavy atom. The Hall–Kier alpha value is -2.38. The van der Waals surface area contributed by atoms with Crippen molar-refractivity contribution < 1.29 is 4.52 Å². The van der Waals surface area contributed by atoms with Crippen LogP contribution in [0.25, 0.3) is 17.2 Å². The Morgan fingerprint density at radius 1 is 1.10 bits per heavy atom. The van der Waals surface area contributed by atoms with Gasteiger partial charge in [0.2, 0.25) is 11.7 Å². The fraction of sp³-hybridized carbons (Fsp3) is 0.348. The summed E-state index contributed by atoms with van der Waals surface area (Å²) in [6.45, 7) is 0. The lowest BCUT2D eigenvalue weighted by Gasteiger charge is -2.17. The molecule has 4 heterocycles. The molecule has 152 valence electrons. The second-order valence-electron chi connectivity index (χ2n) is 8.04. The molecule has 5 nitrogen and oxygen atoms in total. The highest BCUT2D eigenvalue weighted by molar-refractivity contribution is 8.00. The first-order chi connectivity index (χ1) is 14.8. The number of hydrogen-bond acceptors (Lipinski definition) is 6. The molecule has 0 amide bonds. The number of benzene rings is 1. The lowest BCUT2D eigenvalue weighted by Crippen LogP contribution is -2.05. The Morgan fingerprint density at radius 3 is 2.83 bits per heavy atom. The first kappa shape index (κ1) is 18.4. The van der Waals surface area contributed by atoms with Crippen LogP contribution in [0, 0.1) is 0 Å². The summed E-state index contributed by atoms with van der Waals surface area (Å²) >= 11 is 3.77. The molecule has 0 spiro atoms. The molecule has 0 N–H and O–H groups in total. The summed E-state index contributed by atoms with van der Waals surface area (Å²) < 4.78 is 9.21. The van der Waals surface area contributed by atoms with Crippen molar-refractivity contribution >= 4 is 23.1 Å². The maximum absolute atomic E-state index is 5.64. The van der Waals surface area contributed by atoms with Crippen LogP contribution in [0.15, 0.2) is 51.5 Å². The average Bonchev–Trinajstić information content (AvgIpc) is 3.52. The SMILES string of the molecule is c1ccc(Cc2cc3c(s2)SCc2c(-c4noc(C5CCCCC5)n4)ncn2-3)cc1. The maximum atomic E-state index is 5.64. The van der Waals surface area contributed by atoms with Crippen LogP contribution in [0.1, 0.15) is 60.0 Å². The van der Waals surface area contributed by atoms with E-state index in [-0.39, 0.29) is 0 Å². The zero-order chi connectivity index (χ0) is 19.9. The van der Waals surface area contributed by atoms with Crippen molar-refractivity contribution in [3.8, 4) is 17.2 Å². The van der Waals surface area contributed by atoms with Gasteiger partial charge in [-0.15, -0.1) is 23.1 Å². The van der Waals surface area contributed by atoms with E-state index in [1.54, 1.807) is 0 Å². The molecule has 4 aromatic rings. The van der Waals surface area contributed by atoms with Crippen LogP contribution in [0.2, 0.25) is 0 Å². The van der Waals surface area contributed by atoms with Crippen molar-refractivity contribution in [3.05, 3.63) is 64.8 Å². The van der Waals surface area contributed by atoms with Crippen molar-refractivity contribution in [2.45, 2.75) is 54.4 Å². The number of nitrogens with zero attached hydrogens (tertiary/aromatic N) is 4. The summed E-state index contributed by atoms with van der Waals surface area (Å²) in [6.07, 6.45) is 9.02. The fourth-order valence-electron chi connectivity index (χ4n) is 4.45. The molecule has 1 aliphatic carbocycles. The predicted octanol–water partition coefficient (Wildman–Crippen LogP) is 6.23. The van der Waals surface area contributed by atoms with E-state index in [1.807, 2.05) is 29.4 Å². The highest BCUT2D eigenvalue weighted by Crippen LogP contribution is 2.43. The first-order valence-corrected chi connectivity index (χ1v) is 12.4. The van der Waals surface area contributed by atoms with Gasteiger partial charge in [0.05, 0.1) is 15.6 Å². The highest BCUT2D eigenvalue weighted by Gasteiger charge is 2.27. The third kappa shape index (κ3) is 3.30. The number of aromatic nitrogens is 4. The van der Waals surface area contributed by atoms with Crippen LogP contribution < -0.4 is 0 Å². The molecular weight excluding hydrogens is 412 g/mol. The molecule has 0 unspecified atom stereocenters. The summed E-state index contributed by atoms with van der Waals surface area (Å²) in [7, 11) is 0. The van der Waals surface area contributed by atoms with Gasteiger partial charge in [0.15, 0.2) is 0 Å². The van der Waals surface area contributed by atoms with Crippen molar-refractivity contribution in [3.63, 3.8) is 0 Å². The normalized spacial score (nSPS) is 16.4. The molecule has 2 aliphatic rings.